The molecule has 1 aliphatic rings. The van der Waals surface area contributed by atoms with Gasteiger partial charge in [0.05, 0.1) is 6.54 Å². The Morgan fingerprint density at radius 2 is 1.89 bits per heavy atom. The van der Waals surface area contributed by atoms with Gasteiger partial charge in [0.2, 0.25) is 0 Å². The van der Waals surface area contributed by atoms with Crippen LogP contribution in [-0.2, 0) is 6.54 Å². The normalized spacial score (nSPS) is 18.1. The lowest BCUT2D eigenvalue weighted by Gasteiger charge is -2.17. The molecule has 0 N–H and O–H groups in total. The molecule has 2 heterocycles. The summed E-state index contributed by atoms with van der Waals surface area (Å²) in [5.41, 5.74) is 2.33. The molecule has 1 aromatic carbocycles. The first-order chi connectivity index (χ1) is 8.83. The van der Waals surface area contributed by atoms with Crippen molar-refractivity contribution in [1.29, 1.82) is 0 Å². The van der Waals surface area contributed by atoms with Crippen molar-refractivity contribution >= 4 is 11.0 Å². The Morgan fingerprint density at radius 3 is 2.61 bits per heavy atom. The van der Waals surface area contributed by atoms with Crippen LogP contribution >= 0.6 is 0 Å². The molecule has 2 heteroatoms. The monoisotopic (exact) mass is 243 g/mol. The molecule has 0 atom stereocenters. The minimum absolute atomic E-state index is 0.966. The summed E-state index contributed by atoms with van der Waals surface area (Å²) in [6.45, 7) is 5.55. The largest absolute Gasteiger partial charge is 0.460 e. The number of furan rings is 1. The summed E-state index contributed by atoms with van der Waals surface area (Å²) in [7, 11) is 0. The average Bonchev–Trinajstić information content (AvgIpc) is 2.60. The average molecular weight is 243 g/mol. The second-order valence-corrected chi connectivity index (χ2v) is 5.39. The molecule has 1 aliphatic heterocycles. The lowest BCUT2D eigenvalue weighted by molar-refractivity contribution is 0.256. The van der Waals surface area contributed by atoms with E-state index in [-0.39, 0.29) is 0 Å². The third-order valence-electron chi connectivity index (χ3n) is 3.91. The van der Waals surface area contributed by atoms with E-state index in [9.17, 15) is 0 Å². The highest BCUT2D eigenvalue weighted by atomic mass is 16.3. The van der Waals surface area contributed by atoms with Gasteiger partial charge in [-0.2, -0.15) is 0 Å². The predicted octanol–water partition coefficient (Wildman–Crippen LogP) is 4.12. The van der Waals surface area contributed by atoms with Crippen LogP contribution in [0, 0.1) is 6.92 Å². The van der Waals surface area contributed by atoms with Crippen molar-refractivity contribution in [2.75, 3.05) is 13.1 Å². The van der Waals surface area contributed by atoms with Gasteiger partial charge in [-0.3, -0.25) is 4.90 Å². The van der Waals surface area contributed by atoms with Crippen LogP contribution < -0.4 is 0 Å². The summed E-state index contributed by atoms with van der Waals surface area (Å²) in [6, 6.07) is 8.49. The van der Waals surface area contributed by atoms with Gasteiger partial charge in [0.25, 0.3) is 0 Å². The Kier molecular flexibility index (Phi) is 3.37. The van der Waals surface area contributed by atoms with Crippen LogP contribution in [0.25, 0.3) is 11.0 Å². The molecule has 1 saturated heterocycles. The van der Waals surface area contributed by atoms with Gasteiger partial charge < -0.3 is 4.42 Å². The van der Waals surface area contributed by atoms with E-state index in [1.807, 2.05) is 0 Å². The van der Waals surface area contributed by atoms with E-state index < -0.39 is 0 Å². The third kappa shape index (κ3) is 2.44. The standard InChI is InChI=1S/C16H21NO/c1-13-7-6-8-16-15(13)11-14(18-16)12-17-9-4-2-3-5-10-17/h6-8,11H,2-5,9-10,12H2,1H3. The van der Waals surface area contributed by atoms with Crippen LogP contribution in [0.5, 0.6) is 0 Å². The minimum atomic E-state index is 0.966. The predicted molar refractivity (Wildman–Crippen MR) is 74.7 cm³/mol. The number of hydrogen-bond donors (Lipinski definition) is 0. The SMILES string of the molecule is Cc1cccc2oc(CN3CCCCCC3)cc12. The maximum absolute atomic E-state index is 5.95. The molecule has 0 aliphatic carbocycles. The number of hydrogen-bond acceptors (Lipinski definition) is 2. The number of nitrogens with zero attached hydrogens (tertiary/aromatic N) is 1. The van der Waals surface area contributed by atoms with E-state index in [4.69, 9.17) is 4.42 Å². The van der Waals surface area contributed by atoms with Crippen LogP contribution in [-0.4, -0.2) is 18.0 Å². The molecule has 0 unspecified atom stereocenters. The van der Waals surface area contributed by atoms with Gasteiger partial charge in [0, 0.05) is 5.39 Å². The number of rotatable bonds is 2. The number of likely N-dealkylation sites (tertiary alicyclic amines) is 1. The number of fused-ring (bicyclic) bond motifs is 1. The van der Waals surface area contributed by atoms with Crippen molar-refractivity contribution < 1.29 is 4.42 Å². The fraction of sp³-hybridized carbons (Fsp3) is 0.500. The second-order valence-electron chi connectivity index (χ2n) is 5.39. The molecule has 1 fully saturated rings. The van der Waals surface area contributed by atoms with Gasteiger partial charge in [-0.15, -0.1) is 0 Å². The van der Waals surface area contributed by atoms with E-state index >= 15 is 0 Å². The fourth-order valence-corrected chi connectivity index (χ4v) is 2.85. The number of benzene rings is 1. The first-order valence-corrected chi connectivity index (χ1v) is 7.03. The van der Waals surface area contributed by atoms with Gasteiger partial charge in [0.1, 0.15) is 11.3 Å². The molecule has 3 rings (SSSR count). The van der Waals surface area contributed by atoms with Gasteiger partial charge in [-0.05, 0) is 50.6 Å². The van der Waals surface area contributed by atoms with Gasteiger partial charge >= 0.3 is 0 Å². The van der Waals surface area contributed by atoms with Gasteiger partial charge in [-0.25, -0.2) is 0 Å². The molecule has 0 saturated carbocycles. The molecule has 96 valence electrons. The molecular weight excluding hydrogens is 222 g/mol. The summed E-state index contributed by atoms with van der Waals surface area (Å²) >= 11 is 0. The van der Waals surface area contributed by atoms with Crippen molar-refractivity contribution in [1.82, 2.24) is 4.90 Å². The summed E-state index contributed by atoms with van der Waals surface area (Å²) in [4.78, 5) is 2.53. The quantitative estimate of drug-likeness (QED) is 0.789. The van der Waals surface area contributed by atoms with E-state index in [0.29, 0.717) is 0 Å². The van der Waals surface area contributed by atoms with Crippen LogP contribution in [0.2, 0.25) is 0 Å². The van der Waals surface area contributed by atoms with Crippen molar-refractivity contribution in [3.63, 3.8) is 0 Å². The van der Waals surface area contributed by atoms with Crippen LogP contribution in [0.1, 0.15) is 37.0 Å². The molecular formula is C16H21NO. The van der Waals surface area contributed by atoms with Crippen LogP contribution in [0.3, 0.4) is 0 Å². The molecule has 0 amide bonds. The zero-order valence-corrected chi connectivity index (χ0v) is 11.1. The van der Waals surface area contributed by atoms with Crippen molar-refractivity contribution in [2.24, 2.45) is 0 Å². The van der Waals surface area contributed by atoms with Gasteiger partial charge in [-0.1, -0.05) is 25.0 Å². The highest BCUT2D eigenvalue weighted by molar-refractivity contribution is 5.81. The summed E-state index contributed by atoms with van der Waals surface area (Å²) in [6.07, 6.45) is 5.43. The molecule has 18 heavy (non-hydrogen) atoms. The van der Waals surface area contributed by atoms with E-state index in [1.54, 1.807) is 0 Å². The molecule has 2 aromatic rings. The summed E-state index contributed by atoms with van der Waals surface area (Å²) in [5, 5.41) is 1.27. The molecule has 0 spiro atoms. The molecule has 0 bridgehead atoms. The zero-order valence-electron chi connectivity index (χ0n) is 11.1. The fourth-order valence-electron chi connectivity index (χ4n) is 2.85. The summed E-state index contributed by atoms with van der Waals surface area (Å²) in [5.74, 6) is 1.11. The lowest BCUT2D eigenvalue weighted by atomic mass is 10.1. The molecule has 0 radical (unpaired) electrons. The highest BCUT2D eigenvalue weighted by Gasteiger charge is 2.12. The highest BCUT2D eigenvalue weighted by Crippen LogP contribution is 2.24. The minimum Gasteiger partial charge on any atom is -0.460 e. The third-order valence-corrected chi connectivity index (χ3v) is 3.91. The van der Waals surface area contributed by atoms with Crippen molar-refractivity contribution in [2.45, 2.75) is 39.2 Å². The molecule has 2 nitrogen and oxygen atoms in total. The first-order valence-electron chi connectivity index (χ1n) is 7.03. The van der Waals surface area contributed by atoms with Crippen LogP contribution in [0.4, 0.5) is 0 Å². The smallest absolute Gasteiger partial charge is 0.134 e. The Morgan fingerprint density at radius 1 is 1.11 bits per heavy atom. The maximum atomic E-state index is 5.95. The van der Waals surface area contributed by atoms with E-state index in [0.717, 1.165) is 17.9 Å². The Hall–Kier alpha value is -1.28. The van der Waals surface area contributed by atoms with Crippen molar-refractivity contribution in [3.05, 3.63) is 35.6 Å². The zero-order chi connectivity index (χ0) is 12.4. The Balaban J connectivity index is 1.79. The topological polar surface area (TPSA) is 16.4 Å². The lowest BCUT2D eigenvalue weighted by Crippen LogP contribution is -2.23. The van der Waals surface area contributed by atoms with E-state index in [1.165, 1.54) is 49.7 Å². The second kappa shape index (κ2) is 5.15. The first kappa shape index (κ1) is 11.8. The Bertz CT molecular complexity index is 521. The molecule has 1 aromatic heterocycles. The number of aryl methyl sites for hydroxylation is 1. The van der Waals surface area contributed by atoms with Gasteiger partial charge in [0.15, 0.2) is 0 Å². The summed E-state index contributed by atoms with van der Waals surface area (Å²) < 4.78 is 5.95. The maximum Gasteiger partial charge on any atom is 0.134 e. The van der Waals surface area contributed by atoms with Crippen LogP contribution in [0.15, 0.2) is 28.7 Å². The van der Waals surface area contributed by atoms with E-state index in [2.05, 4.69) is 36.1 Å². The Labute approximate surface area is 109 Å². The van der Waals surface area contributed by atoms with Crippen molar-refractivity contribution in [3.8, 4) is 0 Å².